The predicted molar refractivity (Wildman–Crippen MR) is 125 cm³/mol. The molecule has 0 aromatic heterocycles. The number of fused-ring (bicyclic) bond motifs is 1. The van der Waals surface area contributed by atoms with Crippen molar-refractivity contribution in [2.24, 2.45) is 0 Å². The number of hydrogen-bond acceptors (Lipinski definition) is 5. The molecule has 1 amide bonds. The number of nitro groups is 1. The summed E-state index contributed by atoms with van der Waals surface area (Å²) < 4.78 is 11.0. The van der Waals surface area contributed by atoms with Gasteiger partial charge in [-0.1, -0.05) is 42.5 Å². The Labute approximate surface area is 192 Å². The average Bonchev–Trinajstić information content (AvgIpc) is 2.86. The average molecular weight is 444 g/mol. The summed E-state index contributed by atoms with van der Waals surface area (Å²) in [6.45, 7) is 0.528. The molecule has 1 atom stereocenters. The molecule has 1 aliphatic heterocycles. The van der Waals surface area contributed by atoms with Crippen molar-refractivity contribution in [2.45, 2.75) is 12.5 Å². The number of rotatable bonds is 6. The maximum atomic E-state index is 13.3. The number of benzene rings is 3. The molecule has 7 heteroatoms. The van der Waals surface area contributed by atoms with Gasteiger partial charge in [0.05, 0.1) is 25.2 Å². The first-order chi connectivity index (χ1) is 16.0. The summed E-state index contributed by atoms with van der Waals surface area (Å²) in [4.78, 5) is 25.7. The van der Waals surface area contributed by atoms with Crippen molar-refractivity contribution >= 4 is 17.7 Å². The molecular formula is C26H24N2O5. The summed E-state index contributed by atoms with van der Waals surface area (Å²) in [6, 6.07) is 19.7. The van der Waals surface area contributed by atoms with Crippen LogP contribution in [-0.2, 0) is 11.2 Å². The van der Waals surface area contributed by atoms with Crippen LogP contribution in [0.15, 0.2) is 72.8 Å². The molecule has 0 spiro atoms. The molecule has 1 aliphatic rings. The normalized spacial score (nSPS) is 15.2. The first-order valence-corrected chi connectivity index (χ1v) is 10.5. The van der Waals surface area contributed by atoms with E-state index < -0.39 is 4.92 Å². The lowest BCUT2D eigenvalue weighted by Gasteiger charge is -2.37. The number of hydrogen-bond donors (Lipinski definition) is 0. The van der Waals surface area contributed by atoms with E-state index in [2.05, 4.69) is 0 Å². The van der Waals surface area contributed by atoms with Gasteiger partial charge in [0.1, 0.15) is 0 Å². The summed E-state index contributed by atoms with van der Waals surface area (Å²) >= 11 is 0. The largest absolute Gasteiger partial charge is 0.493 e. The Morgan fingerprint density at radius 3 is 2.45 bits per heavy atom. The Morgan fingerprint density at radius 1 is 1.03 bits per heavy atom. The standard InChI is InChI=1S/C26H24N2O5/c1-32-23-16-20-13-14-27(25(29)12-11-18-7-6-10-21(15-18)28(30)31)26(19-8-4-3-5-9-19)22(20)17-24(23)33-2/h3-12,15-17,26H,13-14H2,1-2H3/b12-11+. The van der Waals surface area contributed by atoms with Crippen LogP contribution in [0.4, 0.5) is 5.69 Å². The van der Waals surface area contributed by atoms with Crippen molar-refractivity contribution in [1.82, 2.24) is 4.90 Å². The first kappa shape index (κ1) is 22.1. The summed E-state index contributed by atoms with van der Waals surface area (Å²) in [5.74, 6) is 1.10. The second kappa shape index (κ2) is 9.56. The summed E-state index contributed by atoms with van der Waals surface area (Å²) in [6.07, 6.45) is 3.76. The molecule has 0 fully saturated rings. The van der Waals surface area contributed by atoms with E-state index in [1.165, 1.54) is 18.2 Å². The maximum absolute atomic E-state index is 13.3. The SMILES string of the molecule is COc1cc2c(cc1OC)C(c1ccccc1)N(C(=O)/C=C/c1cccc([N+](=O)[O-])c1)CC2. The van der Waals surface area contributed by atoms with Gasteiger partial charge in [-0.15, -0.1) is 0 Å². The number of nitro benzene ring substituents is 1. The van der Waals surface area contributed by atoms with Gasteiger partial charge in [-0.3, -0.25) is 14.9 Å². The van der Waals surface area contributed by atoms with Gasteiger partial charge in [0.25, 0.3) is 5.69 Å². The number of carbonyl (C=O) groups excluding carboxylic acids is 1. The first-order valence-electron chi connectivity index (χ1n) is 10.5. The van der Waals surface area contributed by atoms with Crippen LogP contribution in [0.2, 0.25) is 0 Å². The highest BCUT2D eigenvalue weighted by atomic mass is 16.6. The molecule has 3 aromatic rings. The number of amides is 1. The number of nitrogens with zero attached hydrogens (tertiary/aromatic N) is 2. The fourth-order valence-electron chi connectivity index (χ4n) is 4.18. The Balaban J connectivity index is 1.71. The minimum atomic E-state index is -0.451. The van der Waals surface area contributed by atoms with Crippen molar-refractivity contribution in [3.63, 3.8) is 0 Å². The number of ether oxygens (including phenoxy) is 2. The second-order valence-corrected chi connectivity index (χ2v) is 7.69. The fraction of sp³-hybridized carbons (Fsp3) is 0.192. The summed E-state index contributed by atoms with van der Waals surface area (Å²) in [5.41, 5.74) is 3.66. The van der Waals surface area contributed by atoms with E-state index >= 15 is 0 Å². The Morgan fingerprint density at radius 2 is 1.76 bits per heavy atom. The highest BCUT2D eigenvalue weighted by Crippen LogP contribution is 2.41. The molecule has 0 radical (unpaired) electrons. The highest BCUT2D eigenvalue weighted by molar-refractivity contribution is 5.92. The van der Waals surface area contributed by atoms with Gasteiger partial charge in [-0.25, -0.2) is 0 Å². The topological polar surface area (TPSA) is 81.9 Å². The summed E-state index contributed by atoms with van der Waals surface area (Å²) in [5, 5.41) is 11.0. The minimum absolute atomic E-state index is 0.0142. The van der Waals surface area contributed by atoms with Crippen molar-refractivity contribution in [1.29, 1.82) is 0 Å². The van der Waals surface area contributed by atoms with Crippen LogP contribution in [-0.4, -0.2) is 36.5 Å². The van der Waals surface area contributed by atoms with Crippen LogP contribution in [0.1, 0.15) is 28.3 Å². The van der Waals surface area contributed by atoms with Gasteiger partial charge >= 0.3 is 0 Å². The van der Waals surface area contributed by atoms with Crippen molar-refractivity contribution in [3.05, 3.63) is 105 Å². The predicted octanol–water partition coefficient (Wildman–Crippen LogP) is 4.80. The molecular weight excluding hydrogens is 420 g/mol. The molecule has 0 N–H and O–H groups in total. The van der Waals surface area contributed by atoms with E-state index in [0.29, 0.717) is 30.0 Å². The van der Waals surface area contributed by atoms with Crippen LogP contribution < -0.4 is 9.47 Å². The van der Waals surface area contributed by atoms with E-state index in [1.54, 1.807) is 32.4 Å². The van der Waals surface area contributed by atoms with Gasteiger partial charge in [-0.05, 0) is 46.9 Å². The maximum Gasteiger partial charge on any atom is 0.270 e. The molecule has 0 aliphatic carbocycles. The zero-order valence-corrected chi connectivity index (χ0v) is 18.4. The van der Waals surface area contributed by atoms with E-state index in [4.69, 9.17) is 9.47 Å². The van der Waals surface area contributed by atoms with E-state index in [1.807, 2.05) is 47.4 Å². The quantitative estimate of drug-likeness (QED) is 0.310. The lowest BCUT2D eigenvalue weighted by atomic mass is 9.87. The van der Waals surface area contributed by atoms with Crippen LogP contribution in [0, 0.1) is 10.1 Å². The Hall–Kier alpha value is -4.13. The Kier molecular flexibility index (Phi) is 6.40. The molecule has 4 rings (SSSR count). The molecule has 168 valence electrons. The van der Waals surface area contributed by atoms with Gasteiger partial charge in [-0.2, -0.15) is 0 Å². The zero-order chi connectivity index (χ0) is 23.4. The molecule has 33 heavy (non-hydrogen) atoms. The van der Waals surface area contributed by atoms with E-state index in [9.17, 15) is 14.9 Å². The highest BCUT2D eigenvalue weighted by Gasteiger charge is 2.32. The number of non-ortho nitro benzene ring substituents is 1. The lowest BCUT2D eigenvalue weighted by Crippen LogP contribution is -2.39. The van der Waals surface area contributed by atoms with Crippen molar-refractivity contribution in [2.75, 3.05) is 20.8 Å². The van der Waals surface area contributed by atoms with Crippen molar-refractivity contribution in [3.8, 4) is 11.5 Å². The van der Waals surface area contributed by atoms with Gasteiger partial charge in [0.15, 0.2) is 11.5 Å². The van der Waals surface area contributed by atoms with Crippen LogP contribution in [0.25, 0.3) is 6.08 Å². The third kappa shape index (κ3) is 4.57. The fourth-order valence-corrected chi connectivity index (χ4v) is 4.18. The molecule has 1 unspecified atom stereocenters. The second-order valence-electron chi connectivity index (χ2n) is 7.69. The third-order valence-corrected chi connectivity index (χ3v) is 5.77. The van der Waals surface area contributed by atoms with Gasteiger partial charge in [0.2, 0.25) is 5.91 Å². The molecule has 0 bridgehead atoms. The lowest BCUT2D eigenvalue weighted by molar-refractivity contribution is -0.384. The smallest absolute Gasteiger partial charge is 0.270 e. The molecule has 3 aromatic carbocycles. The zero-order valence-electron chi connectivity index (χ0n) is 18.4. The van der Waals surface area contributed by atoms with Crippen molar-refractivity contribution < 1.29 is 19.2 Å². The Bertz CT molecular complexity index is 1210. The minimum Gasteiger partial charge on any atom is -0.493 e. The van der Waals surface area contributed by atoms with Gasteiger partial charge in [0, 0.05) is 24.8 Å². The molecule has 0 saturated carbocycles. The monoisotopic (exact) mass is 444 g/mol. The summed E-state index contributed by atoms with van der Waals surface area (Å²) in [7, 11) is 3.20. The number of carbonyl (C=O) groups is 1. The third-order valence-electron chi connectivity index (χ3n) is 5.77. The number of methoxy groups -OCH3 is 2. The van der Waals surface area contributed by atoms with Crippen LogP contribution >= 0.6 is 0 Å². The van der Waals surface area contributed by atoms with Crippen LogP contribution in [0.3, 0.4) is 0 Å². The van der Waals surface area contributed by atoms with Crippen LogP contribution in [0.5, 0.6) is 11.5 Å². The van der Waals surface area contributed by atoms with Gasteiger partial charge < -0.3 is 14.4 Å². The van der Waals surface area contributed by atoms with E-state index in [-0.39, 0.29) is 17.6 Å². The molecule has 7 nitrogen and oxygen atoms in total. The molecule has 0 saturated heterocycles. The van der Waals surface area contributed by atoms with E-state index in [0.717, 1.165) is 16.7 Å². The molecule has 1 heterocycles.